The second-order valence-corrected chi connectivity index (χ2v) is 5.94. The maximum atomic E-state index is 12.3. The van der Waals surface area contributed by atoms with Crippen molar-refractivity contribution in [3.63, 3.8) is 0 Å². The van der Waals surface area contributed by atoms with Crippen LogP contribution < -0.4 is 0 Å². The molecule has 0 spiro atoms. The van der Waals surface area contributed by atoms with Crippen LogP contribution in [-0.4, -0.2) is 48.2 Å². The molecule has 3 amide bonds. The third kappa shape index (κ3) is 1.42. The normalized spacial score (nSPS) is 37.3. The van der Waals surface area contributed by atoms with E-state index in [-0.39, 0.29) is 36.1 Å². The molecule has 4 atom stereocenters. The topological polar surface area (TPSA) is 57.7 Å². The summed E-state index contributed by atoms with van der Waals surface area (Å²) in [6.07, 6.45) is 3.17. The second-order valence-electron chi connectivity index (χ2n) is 5.94. The van der Waals surface area contributed by atoms with Crippen molar-refractivity contribution in [2.45, 2.75) is 19.3 Å². The van der Waals surface area contributed by atoms with Crippen molar-refractivity contribution in [1.82, 2.24) is 9.80 Å². The highest BCUT2D eigenvalue weighted by Gasteiger charge is 2.60. The van der Waals surface area contributed by atoms with Gasteiger partial charge in [0.05, 0.1) is 11.8 Å². The molecule has 0 aromatic rings. The van der Waals surface area contributed by atoms with Gasteiger partial charge in [-0.1, -0.05) is 0 Å². The molecule has 1 aliphatic heterocycles. The fraction of sp³-hybridized carbons (Fsp3) is 0.769. The molecule has 2 saturated carbocycles. The zero-order chi connectivity index (χ0) is 13.0. The monoisotopic (exact) mass is 250 g/mol. The van der Waals surface area contributed by atoms with Crippen LogP contribution in [0.2, 0.25) is 0 Å². The predicted molar refractivity (Wildman–Crippen MR) is 63.2 cm³/mol. The molecule has 2 bridgehead atoms. The first-order chi connectivity index (χ1) is 8.50. The lowest BCUT2D eigenvalue weighted by Gasteiger charge is -2.19. The van der Waals surface area contributed by atoms with Crippen LogP contribution in [0, 0.1) is 23.7 Å². The van der Waals surface area contributed by atoms with Crippen molar-refractivity contribution in [1.29, 1.82) is 0 Å². The number of hydrogen-bond donors (Lipinski definition) is 0. The van der Waals surface area contributed by atoms with Crippen molar-refractivity contribution < 1.29 is 14.4 Å². The summed E-state index contributed by atoms with van der Waals surface area (Å²) in [5, 5.41) is 0. The predicted octanol–water partition coefficient (Wildman–Crippen LogP) is 0.106. The number of imide groups is 1. The van der Waals surface area contributed by atoms with E-state index >= 15 is 0 Å². The average Bonchev–Trinajstić information content (AvgIpc) is 2.98. The van der Waals surface area contributed by atoms with Gasteiger partial charge in [-0.3, -0.25) is 19.3 Å². The lowest BCUT2D eigenvalue weighted by Crippen LogP contribution is -2.41. The summed E-state index contributed by atoms with van der Waals surface area (Å²) >= 11 is 0. The van der Waals surface area contributed by atoms with Crippen molar-refractivity contribution in [2.75, 3.05) is 20.6 Å². The first kappa shape index (κ1) is 11.7. The summed E-state index contributed by atoms with van der Waals surface area (Å²) in [6, 6.07) is 0. The minimum atomic E-state index is -0.191. The summed E-state index contributed by atoms with van der Waals surface area (Å²) in [5.74, 6) is 0.132. The van der Waals surface area contributed by atoms with E-state index < -0.39 is 0 Å². The van der Waals surface area contributed by atoms with Crippen LogP contribution in [0.15, 0.2) is 0 Å². The second kappa shape index (κ2) is 3.80. The number of nitrogens with zero attached hydrogens (tertiary/aromatic N) is 2. The molecule has 1 heterocycles. The van der Waals surface area contributed by atoms with Crippen LogP contribution >= 0.6 is 0 Å². The number of hydrogen-bond acceptors (Lipinski definition) is 3. The van der Waals surface area contributed by atoms with E-state index in [4.69, 9.17) is 0 Å². The van der Waals surface area contributed by atoms with Gasteiger partial charge in [0.15, 0.2) is 0 Å². The number of likely N-dealkylation sites (tertiary alicyclic amines) is 1. The van der Waals surface area contributed by atoms with Crippen LogP contribution in [0.1, 0.15) is 19.3 Å². The zero-order valence-corrected chi connectivity index (χ0v) is 10.8. The van der Waals surface area contributed by atoms with Gasteiger partial charge in [-0.25, -0.2) is 0 Å². The highest BCUT2D eigenvalue weighted by atomic mass is 16.2. The Balaban J connectivity index is 1.80. The molecule has 5 heteroatoms. The number of amides is 3. The number of fused-ring (bicyclic) bond motifs is 5. The van der Waals surface area contributed by atoms with Gasteiger partial charge in [0.1, 0.15) is 6.54 Å². The van der Waals surface area contributed by atoms with E-state index in [1.54, 1.807) is 14.1 Å². The molecule has 0 aromatic heterocycles. The van der Waals surface area contributed by atoms with Crippen LogP contribution in [0.5, 0.6) is 0 Å². The quantitative estimate of drug-likeness (QED) is 0.653. The van der Waals surface area contributed by atoms with Gasteiger partial charge in [0.25, 0.3) is 0 Å². The van der Waals surface area contributed by atoms with Crippen molar-refractivity contribution >= 4 is 17.7 Å². The van der Waals surface area contributed by atoms with Gasteiger partial charge < -0.3 is 4.90 Å². The van der Waals surface area contributed by atoms with Gasteiger partial charge in [0, 0.05) is 14.1 Å². The third-order valence-corrected chi connectivity index (χ3v) is 4.81. The van der Waals surface area contributed by atoms with Gasteiger partial charge in [-0.05, 0) is 31.1 Å². The van der Waals surface area contributed by atoms with Crippen LogP contribution in [-0.2, 0) is 14.4 Å². The summed E-state index contributed by atoms with van der Waals surface area (Å²) in [7, 11) is 3.27. The Kier molecular flexibility index (Phi) is 2.47. The van der Waals surface area contributed by atoms with Crippen LogP contribution in [0.4, 0.5) is 0 Å². The van der Waals surface area contributed by atoms with Gasteiger partial charge in [-0.15, -0.1) is 0 Å². The molecule has 18 heavy (non-hydrogen) atoms. The smallest absolute Gasteiger partial charge is 0.242 e. The first-order valence-corrected chi connectivity index (χ1v) is 6.56. The maximum absolute atomic E-state index is 12.3. The molecule has 3 rings (SSSR count). The molecule has 0 N–H and O–H groups in total. The molecule has 98 valence electrons. The Morgan fingerprint density at radius 3 is 2.11 bits per heavy atom. The largest absolute Gasteiger partial charge is 0.347 e. The van der Waals surface area contributed by atoms with Crippen LogP contribution in [0.3, 0.4) is 0 Å². The summed E-state index contributed by atoms with van der Waals surface area (Å²) < 4.78 is 0. The summed E-state index contributed by atoms with van der Waals surface area (Å²) in [6.45, 7) is -0.0862. The summed E-state index contributed by atoms with van der Waals surface area (Å²) in [5.41, 5.74) is 0. The molecule has 3 aliphatic rings. The highest BCUT2D eigenvalue weighted by Crippen LogP contribution is 2.55. The van der Waals surface area contributed by atoms with E-state index in [1.165, 1.54) is 9.80 Å². The minimum Gasteiger partial charge on any atom is -0.347 e. The zero-order valence-electron chi connectivity index (χ0n) is 10.8. The fourth-order valence-electron chi connectivity index (χ4n) is 3.90. The summed E-state index contributed by atoms with van der Waals surface area (Å²) in [4.78, 5) is 38.8. The highest BCUT2D eigenvalue weighted by molar-refractivity contribution is 6.08. The fourth-order valence-corrected chi connectivity index (χ4v) is 3.90. The minimum absolute atomic E-state index is 0.0862. The molecular formula is C13H18N2O3. The van der Waals surface area contributed by atoms with E-state index in [2.05, 4.69) is 0 Å². The first-order valence-electron chi connectivity index (χ1n) is 6.56. The van der Waals surface area contributed by atoms with E-state index in [1.807, 2.05) is 0 Å². The van der Waals surface area contributed by atoms with Gasteiger partial charge in [-0.2, -0.15) is 0 Å². The molecule has 0 radical (unpaired) electrons. The number of carbonyl (C=O) groups excluding carboxylic acids is 3. The van der Waals surface area contributed by atoms with Gasteiger partial charge >= 0.3 is 0 Å². The molecule has 2 aliphatic carbocycles. The molecular weight excluding hydrogens is 232 g/mol. The molecule has 5 nitrogen and oxygen atoms in total. The number of rotatable bonds is 2. The van der Waals surface area contributed by atoms with E-state index in [0.717, 1.165) is 19.3 Å². The SMILES string of the molecule is CN(C)C(=O)CN1C(=O)[C@H]2[C@H]3CC[C@@H](C3)[C@@H]2C1=O. The molecule has 1 saturated heterocycles. The Hall–Kier alpha value is -1.39. The van der Waals surface area contributed by atoms with Crippen molar-refractivity contribution in [3.05, 3.63) is 0 Å². The Morgan fingerprint density at radius 1 is 1.17 bits per heavy atom. The molecule has 0 aromatic carbocycles. The van der Waals surface area contributed by atoms with Gasteiger partial charge in [0.2, 0.25) is 17.7 Å². The standard InChI is InChI=1S/C13H18N2O3/c1-14(2)9(16)6-15-12(17)10-7-3-4-8(5-7)11(10)13(15)18/h7-8,10-11H,3-6H2,1-2H3/t7-,8-,10-,11-/m0/s1. The Morgan fingerprint density at radius 2 is 1.67 bits per heavy atom. The molecule has 3 fully saturated rings. The van der Waals surface area contributed by atoms with E-state index in [9.17, 15) is 14.4 Å². The lowest BCUT2D eigenvalue weighted by atomic mass is 9.81. The Bertz CT molecular complexity index is 404. The van der Waals surface area contributed by atoms with Crippen molar-refractivity contribution in [2.24, 2.45) is 23.7 Å². The number of likely N-dealkylation sites (N-methyl/N-ethyl adjacent to an activating group) is 1. The third-order valence-electron chi connectivity index (χ3n) is 4.81. The number of carbonyl (C=O) groups is 3. The van der Waals surface area contributed by atoms with E-state index in [0.29, 0.717) is 11.8 Å². The van der Waals surface area contributed by atoms with Crippen LogP contribution in [0.25, 0.3) is 0 Å². The lowest BCUT2D eigenvalue weighted by molar-refractivity contribution is -0.146. The van der Waals surface area contributed by atoms with Crippen molar-refractivity contribution in [3.8, 4) is 0 Å². The average molecular weight is 250 g/mol. The Labute approximate surface area is 106 Å². The molecule has 0 unspecified atom stereocenters. The maximum Gasteiger partial charge on any atom is 0.242 e.